The maximum atomic E-state index is 13.1. The molecule has 1 unspecified atom stereocenters. The Morgan fingerprint density at radius 1 is 1.38 bits per heavy atom. The molecule has 124 valence electrons. The summed E-state index contributed by atoms with van der Waals surface area (Å²) in [5, 5.41) is 8.62. The molecule has 7 nitrogen and oxygen atoms in total. The van der Waals surface area contributed by atoms with Crippen LogP contribution >= 0.6 is 11.3 Å². The summed E-state index contributed by atoms with van der Waals surface area (Å²) < 4.78 is 13.1. The molecule has 2 aromatic rings. The summed E-state index contributed by atoms with van der Waals surface area (Å²) >= 11 is 1.34. The summed E-state index contributed by atoms with van der Waals surface area (Å²) in [6.07, 6.45) is 1.72. The molecule has 2 amide bonds. The maximum absolute atomic E-state index is 13.1. The largest absolute Gasteiger partial charge is 0.368 e. The molecular formula is C15H14FN5O2S. The zero-order valence-electron chi connectivity index (χ0n) is 12.7. The smallest absolute Gasteiger partial charge is 0.273 e. The lowest BCUT2D eigenvalue weighted by molar-refractivity contribution is -0.119. The van der Waals surface area contributed by atoms with Gasteiger partial charge < -0.3 is 5.73 Å². The number of benzene rings is 1. The Kier molecular flexibility index (Phi) is 4.26. The Morgan fingerprint density at radius 2 is 2.08 bits per heavy atom. The number of thiazole rings is 1. The van der Waals surface area contributed by atoms with Crippen molar-refractivity contribution in [1.29, 1.82) is 0 Å². The van der Waals surface area contributed by atoms with Crippen molar-refractivity contribution >= 4 is 39.7 Å². The maximum Gasteiger partial charge on any atom is 0.273 e. The van der Waals surface area contributed by atoms with Crippen LogP contribution in [0.2, 0.25) is 0 Å². The molecule has 0 aliphatic carbocycles. The van der Waals surface area contributed by atoms with Gasteiger partial charge in [-0.2, -0.15) is 5.10 Å². The third kappa shape index (κ3) is 3.25. The van der Waals surface area contributed by atoms with Crippen molar-refractivity contribution in [3.05, 3.63) is 41.2 Å². The molecule has 0 saturated carbocycles. The second kappa shape index (κ2) is 6.36. The minimum atomic E-state index is -0.797. The van der Waals surface area contributed by atoms with Crippen LogP contribution in [0.1, 0.15) is 11.3 Å². The number of nitrogens with two attached hydrogens (primary N) is 1. The fraction of sp³-hybridized carbons (Fsp3) is 0.200. The second-order valence-corrected chi connectivity index (χ2v) is 6.45. The van der Waals surface area contributed by atoms with Gasteiger partial charge in [0.25, 0.3) is 5.91 Å². The molecule has 1 aliphatic rings. The van der Waals surface area contributed by atoms with Crippen LogP contribution in [0, 0.1) is 12.7 Å². The van der Waals surface area contributed by atoms with Crippen LogP contribution in [0.15, 0.2) is 35.6 Å². The highest BCUT2D eigenvalue weighted by Crippen LogP contribution is 2.25. The summed E-state index contributed by atoms with van der Waals surface area (Å²) in [5.41, 5.74) is 6.05. The van der Waals surface area contributed by atoms with Gasteiger partial charge in [0, 0.05) is 17.5 Å². The minimum Gasteiger partial charge on any atom is -0.368 e. The molecule has 3 rings (SSSR count). The van der Waals surface area contributed by atoms with Gasteiger partial charge in [0.2, 0.25) is 5.91 Å². The highest BCUT2D eigenvalue weighted by molar-refractivity contribution is 7.15. The first-order valence-electron chi connectivity index (χ1n) is 7.09. The topological polar surface area (TPSA) is 101 Å². The van der Waals surface area contributed by atoms with E-state index < -0.39 is 23.7 Å². The van der Waals surface area contributed by atoms with Gasteiger partial charge in [-0.1, -0.05) is 0 Å². The number of carbonyl (C=O) groups is 2. The molecule has 1 atom stereocenters. The van der Waals surface area contributed by atoms with Crippen molar-refractivity contribution in [2.45, 2.75) is 19.4 Å². The van der Waals surface area contributed by atoms with Crippen molar-refractivity contribution in [2.75, 3.05) is 10.3 Å². The molecule has 0 saturated heterocycles. The van der Waals surface area contributed by atoms with Crippen molar-refractivity contribution in [3.8, 4) is 0 Å². The number of nitrogens with one attached hydrogen (secondary N) is 1. The highest BCUT2D eigenvalue weighted by atomic mass is 32.1. The Hall–Kier alpha value is -2.81. The van der Waals surface area contributed by atoms with E-state index in [1.165, 1.54) is 40.6 Å². The van der Waals surface area contributed by atoms with Crippen LogP contribution in [0.3, 0.4) is 0 Å². The van der Waals surface area contributed by atoms with E-state index in [2.05, 4.69) is 15.4 Å². The number of halogens is 1. The number of rotatable bonds is 4. The predicted molar refractivity (Wildman–Crippen MR) is 89.4 cm³/mol. The summed E-state index contributed by atoms with van der Waals surface area (Å²) in [7, 11) is 0. The molecule has 3 N–H and O–H groups in total. The molecule has 24 heavy (non-hydrogen) atoms. The number of carbonyl (C=O) groups excluding carboxylic acids is 2. The molecule has 0 radical (unpaired) electrons. The van der Waals surface area contributed by atoms with Gasteiger partial charge in [-0.3, -0.25) is 19.9 Å². The molecule has 0 bridgehead atoms. The standard InChI is InChI=1S/C15H14FN5O2S/c1-8-7-18-15(24-8)19-14(23)11-6-12(13(17)22)21(20-11)10-4-2-9(16)3-5-10/h2-5,7,12H,6H2,1H3,(H2,17,22)(H,18,19,23). The summed E-state index contributed by atoms with van der Waals surface area (Å²) in [5.74, 6) is -1.47. The SMILES string of the molecule is Cc1cnc(NC(=O)C2=NN(c3ccc(F)cc3)C(C(N)=O)C2)s1. The third-order valence-corrected chi connectivity index (χ3v) is 4.26. The summed E-state index contributed by atoms with van der Waals surface area (Å²) in [6.45, 7) is 1.87. The monoisotopic (exact) mass is 347 g/mol. The van der Waals surface area contributed by atoms with Crippen molar-refractivity contribution in [2.24, 2.45) is 10.8 Å². The Morgan fingerprint density at radius 3 is 2.67 bits per heavy atom. The molecule has 0 spiro atoms. The zero-order chi connectivity index (χ0) is 17.3. The Labute approximate surface area is 141 Å². The van der Waals surface area contributed by atoms with Gasteiger partial charge in [0.15, 0.2) is 5.13 Å². The van der Waals surface area contributed by atoms with E-state index in [9.17, 15) is 14.0 Å². The van der Waals surface area contributed by atoms with E-state index >= 15 is 0 Å². The number of anilines is 2. The van der Waals surface area contributed by atoms with E-state index in [-0.39, 0.29) is 12.1 Å². The van der Waals surface area contributed by atoms with Crippen LogP contribution in [-0.4, -0.2) is 28.6 Å². The second-order valence-electron chi connectivity index (χ2n) is 5.22. The average Bonchev–Trinajstić information content (AvgIpc) is 3.15. The van der Waals surface area contributed by atoms with E-state index in [1.807, 2.05) is 6.92 Å². The number of nitrogens with zero attached hydrogens (tertiary/aromatic N) is 3. The van der Waals surface area contributed by atoms with Crippen LogP contribution in [0.25, 0.3) is 0 Å². The quantitative estimate of drug-likeness (QED) is 0.878. The van der Waals surface area contributed by atoms with Gasteiger partial charge in [0.05, 0.1) is 5.69 Å². The van der Waals surface area contributed by atoms with E-state index in [1.54, 1.807) is 6.20 Å². The molecule has 0 fully saturated rings. The third-order valence-electron chi connectivity index (χ3n) is 3.43. The van der Waals surface area contributed by atoms with Gasteiger partial charge in [-0.25, -0.2) is 9.37 Å². The lowest BCUT2D eigenvalue weighted by atomic mass is 10.1. The normalized spacial score (nSPS) is 16.8. The summed E-state index contributed by atoms with van der Waals surface area (Å²) in [4.78, 5) is 29.0. The Bertz CT molecular complexity index is 818. The molecule has 9 heteroatoms. The fourth-order valence-corrected chi connectivity index (χ4v) is 2.94. The molecule has 1 aromatic carbocycles. The number of primary amides is 1. The molecular weight excluding hydrogens is 333 g/mol. The minimum absolute atomic E-state index is 0.0723. The van der Waals surface area contributed by atoms with Crippen LogP contribution in [-0.2, 0) is 9.59 Å². The lowest BCUT2D eigenvalue weighted by Crippen LogP contribution is -2.39. The number of hydrogen-bond donors (Lipinski definition) is 2. The van der Waals surface area contributed by atoms with Gasteiger partial charge in [0.1, 0.15) is 17.6 Å². The van der Waals surface area contributed by atoms with Crippen molar-refractivity contribution in [3.63, 3.8) is 0 Å². The predicted octanol–water partition coefficient (Wildman–Crippen LogP) is 1.65. The summed E-state index contributed by atoms with van der Waals surface area (Å²) in [6, 6.07) is 4.65. The first-order chi connectivity index (χ1) is 11.4. The van der Waals surface area contributed by atoms with Crippen LogP contribution < -0.4 is 16.1 Å². The van der Waals surface area contributed by atoms with Crippen molar-refractivity contribution < 1.29 is 14.0 Å². The zero-order valence-corrected chi connectivity index (χ0v) is 13.5. The first-order valence-corrected chi connectivity index (χ1v) is 7.91. The van der Waals surface area contributed by atoms with Gasteiger partial charge >= 0.3 is 0 Å². The van der Waals surface area contributed by atoms with Gasteiger partial charge in [-0.05, 0) is 31.2 Å². The number of amides is 2. The van der Waals surface area contributed by atoms with Crippen LogP contribution in [0.5, 0.6) is 0 Å². The van der Waals surface area contributed by atoms with E-state index in [4.69, 9.17) is 5.73 Å². The average molecular weight is 347 g/mol. The molecule has 1 aromatic heterocycles. The number of hydrogen-bond acceptors (Lipinski definition) is 6. The van der Waals surface area contributed by atoms with Gasteiger partial charge in [-0.15, -0.1) is 11.3 Å². The number of aryl methyl sites for hydroxylation is 1. The molecule has 1 aliphatic heterocycles. The number of hydrazone groups is 1. The lowest BCUT2D eigenvalue weighted by Gasteiger charge is -2.20. The molecule has 2 heterocycles. The van der Waals surface area contributed by atoms with E-state index in [0.717, 1.165) is 4.88 Å². The van der Waals surface area contributed by atoms with E-state index in [0.29, 0.717) is 10.8 Å². The number of aromatic nitrogens is 1. The first kappa shape index (κ1) is 16.1. The fourth-order valence-electron chi connectivity index (χ4n) is 2.28. The Balaban J connectivity index is 1.83. The van der Waals surface area contributed by atoms with Crippen LogP contribution in [0.4, 0.5) is 15.2 Å². The highest BCUT2D eigenvalue weighted by Gasteiger charge is 2.35. The van der Waals surface area contributed by atoms with Crippen molar-refractivity contribution in [1.82, 2.24) is 4.98 Å².